The summed E-state index contributed by atoms with van der Waals surface area (Å²) in [6.45, 7) is 6.23. The molecule has 2 atom stereocenters. The molecule has 188 valence electrons. The van der Waals surface area contributed by atoms with Crippen LogP contribution in [0.5, 0.6) is 0 Å². The molecule has 6 nitrogen and oxygen atoms in total. The Morgan fingerprint density at radius 3 is 2.51 bits per heavy atom. The molecule has 1 aliphatic heterocycles. The van der Waals surface area contributed by atoms with E-state index in [0.717, 1.165) is 28.7 Å². The second-order valence-corrected chi connectivity index (χ2v) is 10.3. The van der Waals surface area contributed by atoms with Gasteiger partial charge in [-0.25, -0.2) is 0 Å². The van der Waals surface area contributed by atoms with Gasteiger partial charge in [0.2, 0.25) is 0 Å². The van der Waals surface area contributed by atoms with Crippen molar-refractivity contribution in [3.63, 3.8) is 0 Å². The molecule has 0 saturated carbocycles. The maximum Gasteiger partial charge on any atom is 0.416 e. The molecule has 1 amide bonds. The molecule has 0 radical (unpaired) electrons. The number of alkyl halides is 3. The third kappa shape index (κ3) is 5.86. The third-order valence-corrected chi connectivity index (χ3v) is 6.11. The molecule has 4 N–H and O–H groups in total. The number of rotatable bonds is 5. The Morgan fingerprint density at radius 2 is 1.86 bits per heavy atom. The molecule has 35 heavy (non-hydrogen) atoms. The summed E-state index contributed by atoms with van der Waals surface area (Å²) in [5, 5.41) is 23.0. The van der Waals surface area contributed by atoms with Gasteiger partial charge >= 0.3 is 6.18 Å². The number of fused-ring (bicyclic) bond motifs is 1. The molecule has 0 bridgehead atoms. The minimum atomic E-state index is -4.60. The number of aliphatic hydroxyl groups is 2. The second-order valence-electron chi connectivity index (χ2n) is 10.3. The summed E-state index contributed by atoms with van der Waals surface area (Å²) in [6, 6.07) is 10.5. The summed E-state index contributed by atoms with van der Waals surface area (Å²) in [5.74, 6) is -0.568. The van der Waals surface area contributed by atoms with Gasteiger partial charge in [-0.3, -0.25) is 9.69 Å². The van der Waals surface area contributed by atoms with Crippen molar-refractivity contribution in [2.45, 2.75) is 57.6 Å². The summed E-state index contributed by atoms with van der Waals surface area (Å²) in [6.07, 6.45) is -4.56. The van der Waals surface area contributed by atoms with Crippen molar-refractivity contribution in [3.05, 3.63) is 59.3 Å². The van der Waals surface area contributed by atoms with Crippen LogP contribution >= 0.6 is 0 Å². The molecule has 1 aliphatic rings. The Kier molecular flexibility index (Phi) is 6.70. The summed E-state index contributed by atoms with van der Waals surface area (Å²) in [4.78, 5) is 18.0. The van der Waals surface area contributed by atoms with E-state index in [1.807, 2.05) is 11.0 Å². The van der Waals surface area contributed by atoms with Gasteiger partial charge in [0.25, 0.3) is 5.91 Å². The molecule has 2 heterocycles. The lowest BCUT2D eigenvalue weighted by molar-refractivity contribution is -0.137. The molecular weight excluding hydrogens is 459 g/mol. The first-order chi connectivity index (χ1) is 16.3. The van der Waals surface area contributed by atoms with Gasteiger partial charge in [-0.05, 0) is 74.7 Å². The molecule has 1 saturated heterocycles. The number of aromatic amines is 1. The number of hydrogen-bond donors (Lipinski definition) is 4. The van der Waals surface area contributed by atoms with Crippen molar-refractivity contribution in [1.82, 2.24) is 15.2 Å². The molecular formula is C26H30F3N3O3. The first-order valence-electron chi connectivity index (χ1n) is 11.5. The average molecular weight is 490 g/mol. The van der Waals surface area contributed by atoms with Crippen molar-refractivity contribution < 1.29 is 28.2 Å². The molecule has 2 aromatic carbocycles. The predicted octanol–water partition coefficient (Wildman–Crippen LogP) is 4.31. The smallest absolute Gasteiger partial charge is 0.395 e. The van der Waals surface area contributed by atoms with Crippen LogP contribution in [0.15, 0.2) is 42.5 Å². The van der Waals surface area contributed by atoms with Crippen molar-refractivity contribution in [2.75, 3.05) is 13.2 Å². The summed E-state index contributed by atoms with van der Waals surface area (Å²) in [7, 11) is 0. The molecule has 0 aliphatic carbocycles. The average Bonchev–Trinajstić information content (AvgIpc) is 3.32. The number of amides is 1. The van der Waals surface area contributed by atoms with E-state index in [0.29, 0.717) is 30.6 Å². The lowest BCUT2D eigenvalue weighted by Crippen LogP contribution is -2.40. The largest absolute Gasteiger partial charge is 0.416 e. The first kappa shape index (κ1) is 25.2. The van der Waals surface area contributed by atoms with Crippen LogP contribution in [0.4, 0.5) is 13.2 Å². The maximum atomic E-state index is 13.6. The van der Waals surface area contributed by atoms with Crippen molar-refractivity contribution >= 4 is 16.8 Å². The summed E-state index contributed by atoms with van der Waals surface area (Å²) >= 11 is 0. The van der Waals surface area contributed by atoms with Gasteiger partial charge in [0.1, 0.15) is 0 Å². The van der Waals surface area contributed by atoms with E-state index < -0.39 is 29.3 Å². The van der Waals surface area contributed by atoms with E-state index in [2.05, 4.69) is 10.3 Å². The van der Waals surface area contributed by atoms with Gasteiger partial charge in [0.15, 0.2) is 0 Å². The Balaban J connectivity index is 1.67. The molecule has 0 spiro atoms. The highest BCUT2D eigenvalue weighted by Crippen LogP contribution is 2.35. The van der Waals surface area contributed by atoms with E-state index >= 15 is 0 Å². The van der Waals surface area contributed by atoms with Gasteiger partial charge in [0.05, 0.1) is 18.3 Å². The molecule has 0 unspecified atom stereocenters. The van der Waals surface area contributed by atoms with Gasteiger partial charge in [-0.2, -0.15) is 13.2 Å². The van der Waals surface area contributed by atoms with E-state index in [1.165, 1.54) is 6.07 Å². The third-order valence-electron chi connectivity index (χ3n) is 6.11. The number of aliphatic hydroxyl groups excluding tert-OH is 2. The fourth-order valence-electron chi connectivity index (χ4n) is 4.52. The number of H-pyrrole nitrogens is 1. The van der Waals surface area contributed by atoms with Crippen LogP contribution in [-0.2, 0) is 12.7 Å². The normalized spacial score (nSPS) is 19.4. The van der Waals surface area contributed by atoms with Crippen LogP contribution in [0, 0.1) is 0 Å². The van der Waals surface area contributed by atoms with Crippen molar-refractivity contribution in [1.29, 1.82) is 0 Å². The Hall–Kier alpha value is -2.88. The molecule has 4 rings (SSSR count). The zero-order valence-corrected chi connectivity index (χ0v) is 19.9. The summed E-state index contributed by atoms with van der Waals surface area (Å²) < 4.78 is 40.9. The summed E-state index contributed by atoms with van der Waals surface area (Å²) in [5.41, 5.74) is 1.02. The number of aromatic nitrogens is 1. The van der Waals surface area contributed by atoms with Gasteiger partial charge < -0.3 is 20.5 Å². The highest BCUT2D eigenvalue weighted by Gasteiger charge is 2.33. The molecule has 9 heteroatoms. The predicted molar refractivity (Wildman–Crippen MR) is 128 cm³/mol. The number of halogens is 3. The molecule has 1 aromatic heterocycles. The number of likely N-dealkylation sites (tertiary alicyclic amines) is 1. The number of nitrogens with zero attached hydrogens (tertiary/aromatic N) is 1. The maximum absolute atomic E-state index is 13.6. The number of benzene rings is 2. The number of nitrogens with one attached hydrogen (secondary N) is 2. The van der Waals surface area contributed by atoms with E-state index in [1.54, 1.807) is 39.0 Å². The highest BCUT2D eigenvalue weighted by atomic mass is 19.4. The number of carbonyl (C=O) groups excluding carboxylic acids is 1. The van der Waals surface area contributed by atoms with Gasteiger partial charge in [-0.1, -0.05) is 6.07 Å². The van der Waals surface area contributed by atoms with Gasteiger partial charge in [0, 0.05) is 46.8 Å². The van der Waals surface area contributed by atoms with Crippen molar-refractivity contribution in [3.8, 4) is 11.1 Å². The lowest BCUT2D eigenvalue weighted by atomic mass is 9.97. The zero-order chi connectivity index (χ0) is 25.5. The number of carbonyl (C=O) groups is 1. The van der Waals surface area contributed by atoms with Crippen molar-refractivity contribution in [2.24, 2.45) is 0 Å². The topological polar surface area (TPSA) is 88.6 Å². The minimum Gasteiger partial charge on any atom is -0.395 e. The van der Waals surface area contributed by atoms with E-state index in [4.69, 9.17) is 0 Å². The van der Waals surface area contributed by atoms with E-state index in [-0.39, 0.29) is 18.2 Å². The fraction of sp³-hybridized carbons (Fsp3) is 0.423. The highest BCUT2D eigenvalue weighted by molar-refractivity contribution is 5.96. The van der Waals surface area contributed by atoms with Gasteiger partial charge in [-0.15, -0.1) is 0 Å². The van der Waals surface area contributed by atoms with Crippen LogP contribution in [0.2, 0.25) is 0 Å². The standard InChI is InChI=1S/C26H30F3N3O3/c1-25(2,3)31-24(35)18-7-16(8-19(9-18)26(27,28)29)15-4-5-23-17(6-15)10-20(30-23)12-32-13-22(34)11-21(32)14-33/h4-10,21-22,30,33-34H,11-14H2,1-3H3,(H,31,35)/t21-,22-/m1/s1. The molecule has 1 fully saturated rings. The first-order valence-corrected chi connectivity index (χ1v) is 11.5. The van der Waals surface area contributed by atoms with Crippen LogP contribution in [0.25, 0.3) is 22.0 Å². The Labute approximate surface area is 201 Å². The molecule has 3 aromatic rings. The van der Waals surface area contributed by atoms with Crippen LogP contribution < -0.4 is 5.32 Å². The quantitative estimate of drug-likeness (QED) is 0.430. The monoisotopic (exact) mass is 489 g/mol. The zero-order valence-electron chi connectivity index (χ0n) is 19.9. The Bertz CT molecular complexity index is 1230. The lowest BCUT2D eigenvalue weighted by Gasteiger charge is -2.21. The Morgan fingerprint density at radius 1 is 1.11 bits per heavy atom. The fourth-order valence-corrected chi connectivity index (χ4v) is 4.52. The van der Waals surface area contributed by atoms with E-state index in [9.17, 15) is 28.2 Å². The minimum absolute atomic E-state index is 0.0396. The van der Waals surface area contributed by atoms with Crippen LogP contribution in [0.1, 0.15) is 48.8 Å². The second kappa shape index (κ2) is 9.29. The number of hydrogen-bond acceptors (Lipinski definition) is 4. The van der Waals surface area contributed by atoms with Crippen LogP contribution in [-0.4, -0.2) is 56.8 Å². The van der Waals surface area contributed by atoms with Crippen LogP contribution in [0.3, 0.4) is 0 Å². The SMILES string of the molecule is CC(C)(C)NC(=O)c1cc(-c2ccc3[nH]c(CN4C[C@H](O)C[C@@H]4CO)cc3c2)cc(C(F)(F)F)c1. The number of β-amino-alcohol motifs (C(OH)–C–C–N with tert-alkyl or cyclic N) is 1.